The average Bonchev–Trinajstić information content (AvgIpc) is 3.51. The Hall–Kier alpha value is -4.08. The monoisotopic (exact) mass is 676 g/mol. The highest BCUT2D eigenvalue weighted by atomic mass is 35.5. The third-order valence-corrected chi connectivity index (χ3v) is 7.66. The lowest BCUT2D eigenvalue weighted by Crippen LogP contribution is -2.45. The molecule has 0 bridgehead atoms. The van der Waals surface area contributed by atoms with Crippen molar-refractivity contribution in [3.63, 3.8) is 0 Å². The second-order valence-electron chi connectivity index (χ2n) is 11.7. The van der Waals surface area contributed by atoms with Gasteiger partial charge in [-0.15, -0.1) is 0 Å². The van der Waals surface area contributed by atoms with Gasteiger partial charge in [0.1, 0.15) is 54.9 Å². The van der Waals surface area contributed by atoms with Crippen molar-refractivity contribution in [2.45, 2.75) is 63.7 Å². The summed E-state index contributed by atoms with van der Waals surface area (Å²) in [6.07, 6.45) is -1.43. The topological polar surface area (TPSA) is 147 Å². The van der Waals surface area contributed by atoms with Crippen LogP contribution >= 0.6 is 11.6 Å². The van der Waals surface area contributed by atoms with Crippen molar-refractivity contribution >= 4 is 23.3 Å². The molecule has 252 valence electrons. The van der Waals surface area contributed by atoms with E-state index in [1.807, 2.05) is 0 Å². The molecule has 2 aliphatic heterocycles. The van der Waals surface area contributed by atoms with Gasteiger partial charge in [-0.3, -0.25) is 15.1 Å². The van der Waals surface area contributed by atoms with Gasteiger partial charge in [-0.25, -0.2) is 9.18 Å². The van der Waals surface area contributed by atoms with Crippen molar-refractivity contribution in [1.29, 1.82) is 0 Å². The predicted octanol–water partition coefficient (Wildman–Crippen LogP) is 5.74. The molecule has 0 unspecified atom stereocenters. The van der Waals surface area contributed by atoms with Crippen LogP contribution in [0.2, 0.25) is 5.02 Å². The van der Waals surface area contributed by atoms with E-state index in [1.165, 1.54) is 44.7 Å². The largest absolute Gasteiger partial charge is 0.491 e. The molecule has 0 N–H and O–H groups in total. The fraction of sp³-hybridized carbons (Fsp3) is 0.438. The minimum Gasteiger partial charge on any atom is -0.491 e. The van der Waals surface area contributed by atoms with Crippen molar-refractivity contribution in [2.24, 2.45) is 0 Å². The van der Waals surface area contributed by atoms with Gasteiger partial charge in [-0.2, -0.15) is 0 Å². The molecule has 0 spiro atoms. The molecule has 5 rings (SSSR count). The van der Waals surface area contributed by atoms with E-state index in [0.717, 1.165) is 6.07 Å². The molecule has 4 atom stereocenters. The lowest BCUT2D eigenvalue weighted by molar-refractivity contribution is -0.385. The molecule has 47 heavy (non-hydrogen) atoms. The van der Waals surface area contributed by atoms with Crippen molar-refractivity contribution in [3.05, 3.63) is 75.2 Å². The predicted molar refractivity (Wildman–Crippen MR) is 164 cm³/mol. The fourth-order valence-electron chi connectivity index (χ4n) is 5.43. The van der Waals surface area contributed by atoms with Crippen LogP contribution < -0.4 is 14.2 Å². The molecule has 0 aliphatic carbocycles. The minimum atomic E-state index is -1.02. The number of aromatic nitrogens is 1. The first-order chi connectivity index (χ1) is 22.2. The number of nitrogens with zero attached hydrogens (tertiary/aromatic N) is 2. The highest BCUT2D eigenvalue weighted by Gasteiger charge is 2.54. The van der Waals surface area contributed by atoms with Crippen LogP contribution in [0.5, 0.6) is 17.2 Å². The van der Waals surface area contributed by atoms with E-state index in [0.29, 0.717) is 11.3 Å². The average molecular weight is 677 g/mol. The minimum absolute atomic E-state index is 0.0177. The zero-order chi connectivity index (χ0) is 34.1. The van der Waals surface area contributed by atoms with Crippen LogP contribution in [0.3, 0.4) is 0 Å². The first-order valence-electron chi connectivity index (χ1n) is 14.5. The number of benzene rings is 2. The summed E-state index contributed by atoms with van der Waals surface area (Å²) < 4.78 is 61.3. The SMILES string of the molecule is COC(=O)c1ccc(-c2cc(F)cc(OC[C@@H]3OC(C)(C)O[C@H]3[C@@H]3OC(C)(C)O[C@H]3COc3cc(OC)c([N+](=O)[O-])cc3Cl)c2)nc1. The highest BCUT2D eigenvalue weighted by Crippen LogP contribution is 2.41. The van der Waals surface area contributed by atoms with Gasteiger partial charge in [0.15, 0.2) is 11.6 Å². The van der Waals surface area contributed by atoms with Crippen LogP contribution in [0, 0.1) is 15.9 Å². The van der Waals surface area contributed by atoms with E-state index < -0.39 is 52.7 Å². The van der Waals surface area contributed by atoms with Crippen molar-refractivity contribution in [2.75, 3.05) is 27.4 Å². The van der Waals surface area contributed by atoms with E-state index >= 15 is 0 Å². The number of pyridine rings is 1. The normalized spacial score (nSPS) is 22.9. The second kappa shape index (κ2) is 13.6. The number of carbonyl (C=O) groups excluding carboxylic acids is 1. The quantitative estimate of drug-likeness (QED) is 0.139. The number of nitro benzene ring substituents is 1. The van der Waals surface area contributed by atoms with Crippen LogP contribution in [0.25, 0.3) is 11.3 Å². The number of ether oxygens (including phenoxy) is 8. The molecule has 0 radical (unpaired) electrons. The van der Waals surface area contributed by atoms with E-state index in [9.17, 15) is 19.3 Å². The molecule has 2 saturated heterocycles. The Morgan fingerprint density at radius 3 is 2.13 bits per heavy atom. The third kappa shape index (κ3) is 7.91. The molecular weight excluding hydrogens is 643 g/mol. The van der Waals surface area contributed by atoms with Crippen LogP contribution in [0.4, 0.5) is 10.1 Å². The van der Waals surface area contributed by atoms with Crippen LogP contribution in [-0.2, 0) is 23.7 Å². The Morgan fingerprint density at radius 1 is 0.936 bits per heavy atom. The van der Waals surface area contributed by atoms with Gasteiger partial charge in [-0.05, 0) is 52.0 Å². The number of methoxy groups -OCH3 is 2. The zero-order valence-electron chi connectivity index (χ0n) is 26.5. The summed E-state index contributed by atoms with van der Waals surface area (Å²) in [5, 5.41) is 11.4. The zero-order valence-corrected chi connectivity index (χ0v) is 27.2. The smallest absolute Gasteiger partial charge is 0.339 e. The van der Waals surface area contributed by atoms with Crippen molar-refractivity contribution in [3.8, 4) is 28.5 Å². The van der Waals surface area contributed by atoms with Gasteiger partial charge in [0, 0.05) is 30.0 Å². The molecule has 3 aromatic rings. The molecule has 0 amide bonds. The summed E-state index contributed by atoms with van der Waals surface area (Å²) >= 11 is 6.29. The highest BCUT2D eigenvalue weighted by molar-refractivity contribution is 6.32. The second-order valence-corrected chi connectivity index (χ2v) is 12.1. The van der Waals surface area contributed by atoms with Gasteiger partial charge >= 0.3 is 11.7 Å². The van der Waals surface area contributed by atoms with Gasteiger partial charge < -0.3 is 37.9 Å². The number of hydrogen-bond acceptors (Lipinski definition) is 12. The maximum Gasteiger partial charge on any atom is 0.339 e. The molecule has 15 heteroatoms. The molecule has 2 fully saturated rings. The van der Waals surface area contributed by atoms with Gasteiger partial charge in [-0.1, -0.05) is 11.6 Å². The standard InChI is InChI=1S/C32H34ClFN2O11/c1-31(2)44-26(15-42-20-10-18(9-19(34)11-20)22-8-7-17(14-35-22)30(37)41-6)28(46-31)29-27(45-32(3,4)47-29)16-43-24-13-25(40-5)23(36(38)39)12-21(24)33/h7-14,26-29H,15-16H2,1-6H3/t26-,27-,28+,29+/m0/s1. The van der Waals surface area contributed by atoms with E-state index in [1.54, 1.807) is 39.8 Å². The first kappa shape index (κ1) is 34.3. The van der Waals surface area contributed by atoms with Crippen molar-refractivity contribution in [1.82, 2.24) is 4.98 Å². The summed E-state index contributed by atoms with van der Waals surface area (Å²) in [7, 11) is 2.58. The van der Waals surface area contributed by atoms with Gasteiger partial charge in [0.05, 0.1) is 35.4 Å². The molecule has 1 aromatic heterocycles. The number of rotatable bonds is 11. The van der Waals surface area contributed by atoms with E-state index in [4.69, 9.17) is 49.5 Å². The molecule has 3 heterocycles. The summed E-state index contributed by atoms with van der Waals surface area (Å²) in [5.41, 5.74) is 0.819. The summed E-state index contributed by atoms with van der Waals surface area (Å²) in [6.45, 7) is 6.89. The number of halogens is 2. The molecular formula is C32H34ClFN2O11. The Labute approximate surface area is 274 Å². The van der Waals surface area contributed by atoms with E-state index in [2.05, 4.69) is 4.98 Å². The molecule has 13 nitrogen and oxygen atoms in total. The van der Waals surface area contributed by atoms with Crippen LogP contribution in [-0.4, -0.2) is 79.3 Å². The Morgan fingerprint density at radius 2 is 1.57 bits per heavy atom. The van der Waals surface area contributed by atoms with Crippen LogP contribution in [0.15, 0.2) is 48.7 Å². The maximum absolute atomic E-state index is 14.7. The molecule has 2 aromatic carbocycles. The molecule has 0 saturated carbocycles. The Bertz CT molecular complexity index is 1640. The lowest BCUT2D eigenvalue weighted by atomic mass is 10.0. The van der Waals surface area contributed by atoms with Crippen molar-refractivity contribution < 1.29 is 52.0 Å². The van der Waals surface area contributed by atoms with Gasteiger partial charge in [0.2, 0.25) is 5.75 Å². The third-order valence-electron chi connectivity index (χ3n) is 7.37. The number of nitro groups is 1. The maximum atomic E-state index is 14.7. The summed E-state index contributed by atoms with van der Waals surface area (Å²) in [5.74, 6) is -2.77. The first-order valence-corrected chi connectivity index (χ1v) is 14.9. The fourth-order valence-corrected chi connectivity index (χ4v) is 5.64. The van der Waals surface area contributed by atoms with E-state index in [-0.39, 0.29) is 46.7 Å². The Kier molecular flexibility index (Phi) is 9.89. The summed E-state index contributed by atoms with van der Waals surface area (Å²) in [6, 6.07) is 9.76. The Balaban J connectivity index is 1.32. The molecule has 2 aliphatic rings. The lowest BCUT2D eigenvalue weighted by Gasteiger charge is -2.26. The van der Waals surface area contributed by atoms with Gasteiger partial charge in [0.25, 0.3) is 0 Å². The number of carbonyl (C=O) groups is 1. The summed E-state index contributed by atoms with van der Waals surface area (Å²) in [4.78, 5) is 26.8. The number of esters is 1. The van der Waals surface area contributed by atoms with Crippen LogP contribution in [0.1, 0.15) is 38.1 Å². The number of hydrogen-bond donors (Lipinski definition) is 0.